The Bertz CT molecular complexity index is 404. The molecule has 0 aliphatic rings. The van der Waals surface area contributed by atoms with Gasteiger partial charge in [0.1, 0.15) is 17.4 Å². The zero-order valence-electron chi connectivity index (χ0n) is 7.87. The van der Waals surface area contributed by atoms with Crippen LogP contribution in [0.4, 0.5) is 11.6 Å². The number of nitrogens with two attached hydrogens (primary N) is 1. The first-order valence-corrected chi connectivity index (χ1v) is 4.34. The number of imidazole rings is 1. The topological polar surface area (TPSA) is 79.9 Å². The van der Waals surface area contributed by atoms with Crippen LogP contribution < -0.4 is 11.1 Å². The van der Waals surface area contributed by atoms with Gasteiger partial charge in [-0.3, -0.25) is 0 Å². The van der Waals surface area contributed by atoms with Gasteiger partial charge in [-0.15, -0.1) is 0 Å². The highest BCUT2D eigenvalue weighted by Crippen LogP contribution is 2.14. The monoisotopic (exact) mass is 192 g/mol. The van der Waals surface area contributed by atoms with E-state index in [1.165, 1.54) is 0 Å². The van der Waals surface area contributed by atoms with Gasteiger partial charge in [0.2, 0.25) is 0 Å². The third kappa shape index (κ3) is 1.71. The molecule has 0 aliphatic carbocycles. The summed E-state index contributed by atoms with van der Waals surface area (Å²) in [6.45, 7) is 2.44. The van der Waals surface area contributed by atoms with Crippen molar-refractivity contribution in [1.82, 2.24) is 9.97 Å². The summed E-state index contributed by atoms with van der Waals surface area (Å²) in [6, 6.07) is 3.73. The van der Waals surface area contributed by atoms with Gasteiger partial charge in [-0.25, -0.2) is 4.98 Å². The number of H-pyrrole nitrogens is 1. The fourth-order valence-electron chi connectivity index (χ4n) is 1.23. The number of anilines is 2. The summed E-state index contributed by atoms with van der Waals surface area (Å²) in [5.74, 6) is 2.86. The molecule has 0 atom stereocenters. The SMILES string of the molecule is Cc1nc(NCc2ccco2)c(N)[nH]1. The minimum absolute atomic E-state index is 0.550. The maximum atomic E-state index is 5.67. The highest BCUT2D eigenvalue weighted by molar-refractivity contribution is 5.56. The maximum Gasteiger partial charge on any atom is 0.169 e. The van der Waals surface area contributed by atoms with E-state index >= 15 is 0 Å². The predicted octanol–water partition coefficient (Wildman–Crippen LogP) is 1.51. The van der Waals surface area contributed by atoms with E-state index in [4.69, 9.17) is 10.2 Å². The van der Waals surface area contributed by atoms with Crippen molar-refractivity contribution in [2.24, 2.45) is 0 Å². The molecule has 2 rings (SSSR count). The van der Waals surface area contributed by atoms with Crippen LogP contribution in [-0.2, 0) is 6.54 Å². The number of aromatic nitrogens is 2. The Hall–Kier alpha value is -1.91. The molecule has 0 fully saturated rings. The number of furan rings is 1. The highest BCUT2D eigenvalue weighted by atomic mass is 16.3. The molecule has 14 heavy (non-hydrogen) atoms. The van der Waals surface area contributed by atoms with Crippen molar-refractivity contribution in [3.05, 3.63) is 30.0 Å². The van der Waals surface area contributed by atoms with Crippen LogP contribution in [-0.4, -0.2) is 9.97 Å². The lowest BCUT2D eigenvalue weighted by atomic mass is 10.4. The molecule has 0 aliphatic heterocycles. The van der Waals surface area contributed by atoms with Crippen molar-refractivity contribution in [1.29, 1.82) is 0 Å². The molecule has 2 heterocycles. The zero-order valence-corrected chi connectivity index (χ0v) is 7.87. The van der Waals surface area contributed by atoms with Crippen molar-refractivity contribution < 1.29 is 4.42 Å². The second-order valence-electron chi connectivity index (χ2n) is 3.02. The van der Waals surface area contributed by atoms with Crippen LogP contribution in [0.15, 0.2) is 22.8 Å². The summed E-state index contributed by atoms with van der Waals surface area (Å²) in [7, 11) is 0. The second-order valence-corrected chi connectivity index (χ2v) is 3.02. The Morgan fingerprint density at radius 2 is 2.50 bits per heavy atom. The number of nitrogens with one attached hydrogen (secondary N) is 2. The Labute approximate surface area is 81.3 Å². The number of nitrogens with zero attached hydrogens (tertiary/aromatic N) is 1. The Morgan fingerprint density at radius 3 is 3.07 bits per heavy atom. The molecule has 0 spiro atoms. The van der Waals surface area contributed by atoms with Crippen LogP contribution in [0, 0.1) is 6.92 Å². The van der Waals surface area contributed by atoms with Crippen molar-refractivity contribution in [3.8, 4) is 0 Å². The van der Waals surface area contributed by atoms with Gasteiger partial charge in [-0.1, -0.05) is 0 Å². The minimum Gasteiger partial charge on any atom is -0.467 e. The van der Waals surface area contributed by atoms with Gasteiger partial charge < -0.3 is 20.5 Å². The van der Waals surface area contributed by atoms with Gasteiger partial charge >= 0.3 is 0 Å². The van der Waals surface area contributed by atoms with Gasteiger partial charge in [-0.05, 0) is 19.1 Å². The standard InChI is InChI=1S/C9H12N4O/c1-6-12-8(10)9(13-6)11-5-7-3-2-4-14-7/h2-4,11H,5,10H2,1H3,(H,12,13). The second kappa shape index (κ2) is 3.45. The summed E-state index contributed by atoms with van der Waals surface area (Å²) in [5.41, 5.74) is 5.67. The highest BCUT2D eigenvalue weighted by Gasteiger charge is 2.04. The maximum absolute atomic E-state index is 5.67. The molecule has 0 aromatic carbocycles. The van der Waals surface area contributed by atoms with E-state index in [-0.39, 0.29) is 0 Å². The first-order chi connectivity index (χ1) is 6.75. The quantitative estimate of drug-likeness (QED) is 0.688. The molecule has 5 nitrogen and oxygen atoms in total. The normalized spacial score (nSPS) is 10.4. The van der Waals surface area contributed by atoms with Crippen LogP contribution in [0.2, 0.25) is 0 Å². The molecule has 0 radical (unpaired) electrons. The molecular formula is C9H12N4O. The van der Waals surface area contributed by atoms with Crippen LogP contribution in [0.1, 0.15) is 11.6 Å². The minimum atomic E-state index is 0.550. The van der Waals surface area contributed by atoms with E-state index in [2.05, 4.69) is 15.3 Å². The number of aromatic amines is 1. The van der Waals surface area contributed by atoms with Crippen LogP contribution >= 0.6 is 0 Å². The molecule has 4 N–H and O–H groups in total. The van der Waals surface area contributed by atoms with Gasteiger partial charge in [0.25, 0.3) is 0 Å². The molecular weight excluding hydrogens is 180 g/mol. The lowest BCUT2D eigenvalue weighted by molar-refractivity contribution is 0.518. The molecule has 0 amide bonds. The molecule has 0 bridgehead atoms. The molecule has 2 aromatic heterocycles. The van der Waals surface area contributed by atoms with E-state index in [0.717, 1.165) is 11.6 Å². The molecule has 5 heteroatoms. The van der Waals surface area contributed by atoms with Gasteiger partial charge in [0.15, 0.2) is 5.82 Å². The number of hydrogen-bond donors (Lipinski definition) is 3. The molecule has 0 saturated carbocycles. The van der Waals surface area contributed by atoms with Crippen molar-refractivity contribution in [3.63, 3.8) is 0 Å². The first-order valence-electron chi connectivity index (χ1n) is 4.34. The molecule has 0 saturated heterocycles. The Kier molecular flexibility index (Phi) is 2.14. The third-order valence-electron chi connectivity index (χ3n) is 1.86. The van der Waals surface area contributed by atoms with Crippen molar-refractivity contribution >= 4 is 11.6 Å². The number of aryl methyl sites for hydroxylation is 1. The van der Waals surface area contributed by atoms with E-state index < -0.39 is 0 Å². The number of nitrogen functional groups attached to an aromatic ring is 1. The van der Waals surface area contributed by atoms with E-state index in [0.29, 0.717) is 18.2 Å². The zero-order chi connectivity index (χ0) is 9.97. The average molecular weight is 192 g/mol. The van der Waals surface area contributed by atoms with E-state index in [9.17, 15) is 0 Å². The summed E-state index contributed by atoms with van der Waals surface area (Å²) in [5, 5.41) is 3.08. The average Bonchev–Trinajstić information content (AvgIpc) is 2.72. The molecule has 0 unspecified atom stereocenters. The summed E-state index contributed by atoms with van der Waals surface area (Å²) < 4.78 is 5.16. The lowest BCUT2D eigenvalue weighted by Crippen LogP contribution is -2.01. The molecule has 2 aromatic rings. The van der Waals surface area contributed by atoms with Crippen LogP contribution in [0.25, 0.3) is 0 Å². The summed E-state index contributed by atoms with van der Waals surface area (Å²) in [6.07, 6.45) is 1.64. The van der Waals surface area contributed by atoms with Crippen molar-refractivity contribution in [2.45, 2.75) is 13.5 Å². The first kappa shape index (κ1) is 8.68. The summed E-state index contributed by atoms with van der Waals surface area (Å²) >= 11 is 0. The fourth-order valence-corrected chi connectivity index (χ4v) is 1.23. The van der Waals surface area contributed by atoms with Gasteiger partial charge in [0.05, 0.1) is 12.8 Å². The van der Waals surface area contributed by atoms with Crippen LogP contribution in [0.3, 0.4) is 0 Å². The lowest BCUT2D eigenvalue weighted by Gasteiger charge is -2.00. The predicted molar refractivity (Wildman–Crippen MR) is 53.8 cm³/mol. The van der Waals surface area contributed by atoms with E-state index in [1.807, 2.05) is 19.1 Å². The third-order valence-corrected chi connectivity index (χ3v) is 1.86. The van der Waals surface area contributed by atoms with Gasteiger partial charge in [0, 0.05) is 0 Å². The van der Waals surface area contributed by atoms with Crippen molar-refractivity contribution in [2.75, 3.05) is 11.1 Å². The fraction of sp³-hybridized carbons (Fsp3) is 0.222. The largest absolute Gasteiger partial charge is 0.467 e. The Balaban J connectivity index is 2.01. The van der Waals surface area contributed by atoms with E-state index in [1.54, 1.807) is 6.26 Å². The van der Waals surface area contributed by atoms with Gasteiger partial charge in [-0.2, -0.15) is 0 Å². The summed E-state index contributed by atoms with van der Waals surface area (Å²) in [4.78, 5) is 7.09. The Morgan fingerprint density at radius 1 is 1.64 bits per heavy atom. The number of rotatable bonds is 3. The van der Waals surface area contributed by atoms with Crippen LogP contribution in [0.5, 0.6) is 0 Å². The molecule has 74 valence electrons. The smallest absolute Gasteiger partial charge is 0.169 e. The number of hydrogen-bond acceptors (Lipinski definition) is 4.